The molecule has 0 atom stereocenters. The Kier molecular flexibility index (Phi) is 5.07. The lowest BCUT2D eigenvalue weighted by Gasteiger charge is -2.28. The number of phenols is 1. The molecule has 0 saturated carbocycles. The molecule has 0 saturated heterocycles. The van der Waals surface area contributed by atoms with E-state index in [0.29, 0.717) is 21.3 Å². The van der Waals surface area contributed by atoms with Gasteiger partial charge in [0.05, 0.1) is 4.88 Å². The van der Waals surface area contributed by atoms with E-state index in [4.69, 9.17) is 5.26 Å². The summed E-state index contributed by atoms with van der Waals surface area (Å²) in [7, 11) is 0. The van der Waals surface area contributed by atoms with Gasteiger partial charge in [-0.25, -0.2) is 0 Å². The van der Waals surface area contributed by atoms with Crippen LogP contribution in [0.15, 0.2) is 18.7 Å². The fourth-order valence-electron chi connectivity index (χ4n) is 2.69. The van der Waals surface area contributed by atoms with Crippen LogP contribution in [0, 0.1) is 11.5 Å². The molecule has 0 spiro atoms. The molecule has 0 aliphatic rings. The maximum Gasteiger partial charge on any atom is 0.232 e. The second kappa shape index (κ2) is 6.65. The summed E-state index contributed by atoms with van der Waals surface area (Å²) in [5.41, 5.74) is 2.52. The van der Waals surface area contributed by atoms with Gasteiger partial charge in [-0.3, -0.25) is 5.32 Å². The van der Waals surface area contributed by atoms with Crippen molar-refractivity contribution in [2.75, 3.05) is 5.32 Å². The molecule has 1 aromatic carbocycles. The maximum absolute atomic E-state index is 10.8. The SMILES string of the molecule is C=C(c1cc(C(C)(C)C)c(O)c(C(C)(C)C)c1)c1sc(NC#N)nc1O. The summed E-state index contributed by atoms with van der Waals surface area (Å²) in [5, 5.41) is 32.4. The number of aromatic hydroxyl groups is 2. The molecule has 0 aliphatic carbocycles. The van der Waals surface area contributed by atoms with Crippen LogP contribution in [0.4, 0.5) is 5.13 Å². The van der Waals surface area contributed by atoms with Gasteiger partial charge in [-0.2, -0.15) is 10.2 Å². The van der Waals surface area contributed by atoms with E-state index in [1.807, 2.05) is 53.7 Å². The molecule has 3 N–H and O–H groups in total. The van der Waals surface area contributed by atoms with Crippen molar-refractivity contribution >= 4 is 22.0 Å². The molecule has 6 heteroatoms. The third kappa shape index (κ3) is 3.83. The van der Waals surface area contributed by atoms with Crippen LogP contribution < -0.4 is 5.32 Å². The van der Waals surface area contributed by atoms with Crippen molar-refractivity contribution in [2.24, 2.45) is 0 Å². The molecule has 0 bridgehead atoms. The van der Waals surface area contributed by atoms with E-state index in [1.54, 1.807) is 6.19 Å². The number of aromatic nitrogens is 1. The summed E-state index contributed by atoms with van der Waals surface area (Å²) in [6.07, 6.45) is 1.79. The van der Waals surface area contributed by atoms with Crippen molar-refractivity contribution in [1.29, 1.82) is 5.26 Å². The molecule has 0 amide bonds. The topological polar surface area (TPSA) is 89.2 Å². The van der Waals surface area contributed by atoms with E-state index in [1.165, 1.54) is 0 Å². The van der Waals surface area contributed by atoms with Gasteiger partial charge in [-0.15, -0.1) is 0 Å². The van der Waals surface area contributed by atoms with E-state index in [9.17, 15) is 10.2 Å². The van der Waals surface area contributed by atoms with Crippen LogP contribution in [0.3, 0.4) is 0 Å². The molecule has 1 heterocycles. The molecule has 0 aliphatic heterocycles. The Morgan fingerprint density at radius 1 is 1.12 bits per heavy atom. The molecular weight excluding hydrogens is 346 g/mol. The molecular formula is C20H25N3O2S. The van der Waals surface area contributed by atoms with E-state index in [-0.39, 0.29) is 16.7 Å². The Labute approximate surface area is 158 Å². The molecule has 5 nitrogen and oxygen atoms in total. The number of thiazole rings is 1. The van der Waals surface area contributed by atoms with Crippen LogP contribution in [0.5, 0.6) is 11.6 Å². The first-order valence-electron chi connectivity index (χ1n) is 8.28. The minimum Gasteiger partial charge on any atom is -0.507 e. The number of nitriles is 1. The summed E-state index contributed by atoms with van der Waals surface area (Å²) < 4.78 is 0. The minimum absolute atomic E-state index is 0.166. The first kappa shape index (κ1) is 19.8. The molecule has 2 rings (SSSR count). The Morgan fingerprint density at radius 2 is 1.62 bits per heavy atom. The number of hydrogen-bond acceptors (Lipinski definition) is 6. The van der Waals surface area contributed by atoms with Crippen molar-refractivity contribution < 1.29 is 10.2 Å². The number of hydrogen-bond donors (Lipinski definition) is 3. The van der Waals surface area contributed by atoms with Crippen molar-refractivity contribution in [3.8, 4) is 17.8 Å². The number of rotatable bonds is 3. The molecule has 0 unspecified atom stereocenters. The second-order valence-electron chi connectivity index (χ2n) is 8.31. The Balaban J connectivity index is 2.66. The van der Waals surface area contributed by atoms with Crippen molar-refractivity contribution in [2.45, 2.75) is 52.4 Å². The summed E-state index contributed by atoms with van der Waals surface area (Å²) in [4.78, 5) is 4.43. The van der Waals surface area contributed by atoms with Gasteiger partial charge >= 0.3 is 0 Å². The zero-order chi connectivity index (χ0) is 19.9. The maximum atomic E-state index is 10.8. The van der Waals surface area contributed by atoms with Crippen LogP contribution >= 0.6 is 11.3 Å². The van der Waals surface area contributed by atoms with Crippen molar-refractivity contribution in [3.63, 3.8) is 0 Å². The summed E-state index contributed by atoms with van der Waals surface area (Å²) in [6, 6.07) is 3.81. The number of phenolic OH excluding ortho intramolecular Hbond substituents is 1. The van der Waals surface area contributed by atoms with Crippen LogP contribution in [0.1, 0.15) is 63.1 Å². The van der Waals surface area contributed by atoms with E-state index in [2.05, 4.69) is 16.9 Å². The lowest BCUT2D eigenvalue weighted by atomic mass is 9.77. The zero-order valence-electron chi connectivity index (χ0n) is 16.1. The average Bonchev–Trinajstić information content (AvgIpc) is 2.85. The largest absolute Gasteiger partial charge is 0.507 e. The van der Waals surface area contributed by atoms with Gasteiger partial charge in [0.25, 0.3) is 0 Å². The van der Waals surface area contributed by atoms with E-state index < -0.39 is 0 Å². The second-order valence-corrected chi connectivity index (χ2v) is 9.31. The minimum atomic E-state index is -0.260. The predicted octanol–water partition coefficient (Wildman–Crippen LogP) is 5.10. The first-order valence-corrected chi connectivity index (χ1v) is 9.10. The molecule has 2 aromatic rings. The number of nitrogens with zero attached hydrogens (tertiary/aromatic N) is 2. The summed E-state index contributed by atoms with van der Waals surface area (Å²) in [6.45, 7) is 16.4. The van der Waals surface area contributed by atoms with Crippen molar-refractivity contribution in [3.05, 3.63) is 40.3 Å². The van der Waals surface area contributed by atoms with Crippen LogP contribution in [-0.4, -0.2) is 15.2 Å². The highest BCUT2D eigenvalue weighted by Gasteiger charge is 2.27. The Hall–Kier alpha value is -2.52. The number of nitrogens with one attached hydrogen (secondary N) is 1. The molecule has 26 heavy (non-hydrogen) atoms. The fraction of sp³-hybridized carbons (Fsp3) is 0.400. The summed E-state index contributed by atoms with van der Waals surface area (Å²) in [5.74, 6) is 0.127. The zero-order valence-corrected chi connectivity index (χ0v) is 16.9. The third-order valence-electron chi connectivity index (χ3n) is 4.12. The summed E-state index contributed by atoms with van der Waals surface area (Å²) >= 11 is 1.16. The van der Waals surface area contributed by atoms with Gasteiger partial charge in [0.15, 0.2) is 11.3 Å². The normalized spacial score (nSPS) is 11.9. The van der Waals surface area contributed by atoms with Crippen LogP contribution in [0.25, 0.3) is 5.57 Å². The van der Waals surface area contributed by atoms with Gasteiger partial charge in [-0.1, -0.05) is 59.5 Å². The van der Waals surface area contributed by atoms with E-state index >= 15 is 0 Å². The highest BCUT2D eigenvalue weighted by atomic mass is 32.1. The molecule has 138 valence electrons. The quantitative estimate of drug-likeness (QED) is 0.516. The van der Waals surface area contributed by atoms with Crippen LogP contribution in [-0.2, 0) is 10.8 Å². The monoisotopic (exact) mass is 371 g/mol. The number of anilines is 1. The number of benzene rings is 1. The highest BCUT2D eigenvalue weighted by Crippen LogP contribution is 2.43. The van der Waals surface area contributed by atoms with Gasteiger partial charge in [0.1, 0.15) is 5.75 Å². The molecule has 1 aromatic heterocycles. The standard InChI is InChI=1S/C20H25N3O2S/c1-11(16-17(25)23-18(26-16)22-10-21)12-8-13(19(2,3)4)15(24)14(9-12)20(5,6)7/h8-9,24-25H,1H2,2-7H3,(H,22,23). The predicted molar refractivity (Wildman–Crippen MR) is 107 cm³/mol. The smallest absolute Gasteiger partial charge is 0.232 e. The lowest BCUT2D eigenvalue weighted by Crippen LogP contribution is -2.17. The first-order chi connectivity index (χ1) is 11.9. The van der Waals surface area contributed by atoms with Crippen molar-refractivity contribution in [1.82, 2.24) is 4.98 Å². The Bertz CT molecular complexity index is 858. The van der Waals surface area contributed by atoms with Gasteiger partial charge in [0.2, 0.25) is 5.88 Å². The molecule has 0 radical (unpaired) electrons. The van der Waals surface area contributed by atoms with Gasteiger partial charge in [-0.05, 0) is 34.1 Å². The highest BCUT2D eigenvalue weighted by molar-refractivity contribution is 7.17. The molecule has 0 fully saturated rings. The van der Waals surface area contributed by atoms with E-state index in [0.717, 1.165) is 28.0 Å². The van der Waals surface area contributed by atoms with Crippen LogP contribution in [0.2, 0.25) is 0 Å². The third-order valence-corrected chi connectivity index (χ3v) is 5.14. The van der Waals surface area contributed by atoms with Gasteiger partial charge < -0.3 is 10.2 Å². The average molecular weight is 372 g/mol. The van der Waals surface area contributed by atoms with Gasteiger partial charge in [0, 0.05) is 11.1 Å². The fourth-order valence-corrected chi connectivity index (χ4v) is 3.49. The lowest BCUT2D eigenvalue weighted by molar-refractivity contribution is 0.423. The Morgan fingerprint density at radius 3 is 2.04 bits per heavy atom.